The molecule has 4 aliphatic heterocycles. The number of aromatic nitrogens is 4. The number of carbonyl (C=O) groups is 6. The zero-order valence-corrected chi connectivity index (χ0v) is 43.5. The van der Waals surface area contributed by atoms with Gasteiger partial charge < -0.3 is 45.4 Å². The van der Waals surface area contributed by atoms with Gasteiger partial charge in [-0.15, -0.1) is 10.2 Å². The summed E-state index contributed by atoms with van der Waals surface area (Å²) in [6.45, 7) is 10.5. The lowest BCUT2D eigenvalue weighted by Crippen LogP contribution is -2.51. The van der Waals surface area contributed by atoms with Crippen LogP contribution in [0.3, 0.4) is 0 Å². The summed E-state index contributed by atoms with van der Waals surface area (Å²) in [5, 5.41) is 20.6. The van der Waals surface area contributed by atoms with Gasteiger partial charge in [0.2, 0.25) is 23.7 Å². The molecule has 0 spiro atoms. The van der Waals surface area contributed by atoms with E-state index in [1.807, 2.05) is 18.2 Å². The second-order valence-corrected chi connectivity index (χ2v) is 20.2. The first kappa shape index (κ1) is 52.0. The minimum atomic E-state index is -1.19. The number of carbonyl (C=O) groups excluding carboxylic acids is 6. The van der Waals surface area contributed by atoms with Crippen LogP contribution in [-0.2, 0) is 14.4 Å². The van der Waals surface area contributed by atoms with Gasteiger partial charge >= 0.3 is 0 Å². The molecule has 4 aromatic carbocycles. The van der Waals surface area contributed by atoms with Gasteiger partial charge in [0, 0.05) is 93.2 Å². The SMILES string of the molecule is C=C1CCC(N2C(=O)c3ccc(N4CCN(CCCCNc5ncc(C(=O)N6CCN(c7cc8nccc(Oc9ccc(NC(=O)C%10(C(=O)Nc%11ccc(F)cc%11)CC%10)cc9)c8cc7OC)CC6)nn5)CC4)cc3C2=O)C(=O)N1. The molecule has 4 fully saturated rings. The third kappa shape index (κ3) is 11.0. The third-order valence-corrected chi connectivity index (χ3v) is 15.2. The van der Waals surface area contributed by atoms with E-state index in [0.29, 0.717) is 115 Å². The smallest absolute Gasteiger partial charge is 0.276 e. The van der Waals surface area contributed by atoms with Crippen LogP contribution in [0.5, 0.6) is 17.2 Å². The predicted molar refractivity (Wildman–Crippen MR) is 292 cm³/mol. The number of hydrogen-bond acceptors (Lipinski definition) is 16. The summed E-state index contributed by atoms with van der Waals surface area (Å²) in [6, 6.07) is 22.3. The van der Waals surface area contributed by atoms with E-state index < -0.39 is 40.9 Å². The topological polar surface area (TPSA) is 237 Å². The molecule has 1 unspecified atom stereocenters. The molecule has 1 atom stereocenters. The highest BCUT2D eigenvalue weighted by atomic mass is 19.1. The highest BCUT2D eigenvalue weighted by Crippen LogP contribution is 2.48. The highest BCUT2D eigenvalue weighted by molar-refractivity contribution is 6.23. The number of piperazine rings is 2. The molecule has 1 aliphatic carbocycles. The van der Waals surface area contributed by atoms with Gasteiger partial charge in [0.1, 0.15) is 34.5 Å². The number of nitrogens with one attached hydrogen (secondary N) is 4. The van der Waals surface area contributed by atoms with Gasteiger partial charge in [-0.2, -0.15) is 0 Å². The number of imide groups is 1. The van der Waals surface area contributed by atoms with Crippen molar-refractivity contribution in [2.75, 3.05) is 98.3 Å². The average molecular weight is 1070 g/mol. The van der Waals surface area contributed by atoms with Gasteiger partial charge in [-0.05, 0) is 130 Å². The van der Waals surface area contributed by atoms with Crippen LogP contribution in [-0.4, -0.2) is 149 Å². The van der Waals surface area contributed by atoms with E-state index in [-0.39, 0.29) is 17.5 Å². The zero-order valence-electron chi connectivity index (χ0n) is 43.5. The first-order valence-corrected chi connectivity index (χ1v) is 26.4. The number of rotatable bonds is 17. The van der Waals surface area contributed by atoms with Gasteiger partial charge in [0.25, 0.3) is 17.7 Å². The number of allylic oxidation sites excluding steroid dienone is 1. The molecule has 22 heteroatoms. The van der Waals surface area contributed by atoms with Crippen LogP contribution >= 0.6 is 0 Å². The van der Waals surface area contributed by atoms with Gasteiger partial charge in [-0.3, -0.25) is 43.6 Å². The van der Waals surface area contributed by atoms with Crippen molar-refractivity contribution in [1.82, 2.24) is 40.2 Å². The molecule has 21 nitrogen and oxygen atoms in total. The Hall–Kier alpha value is -9.05. The number of halogens is 1. The lowest BCUT2D eigenvalue weighted by atomic mass is 10.0. The van der Waals surface area contributed by atoms with Crippen molar-refractivity contribution in [3.05, 3.63) is 132 Å². The second-order valence-electron chi connectivity index (χ2n) is 20.2. The number of pyridine rings is 1. The van der Waals surface area contributed by atoms with Gasteiger partial charge in [0.15, 0.2) is 5.69 Å². The molecule has 5 aliphatic rings. The van der Waals surface area contributed by atoms with Crippen LogP contribution in [0.4, 0.5) is 33.1 Å². The summed E-state index contributed by atoms with van der Waals surface area (Å²) < 4.78 is 25.5. The van der Waals surface area contributed by atoms with Crippen LogP contribution in [0, 0.1) is 11.2 Å². The predicted octanol–water partition coefficient (Wildman–Crippen LogP) is 6.08. The summed E-state index contributed by atoms with van der Waals surface area (Å²) in [6.07, 6.45) is 6.63. The van der Waals surface area contributed by atoms with Crippen LogP contribution in [0.2, 0.25) is 0 Å². The molecule has 2 aromatic heterocycles. The molecule has 4 N–H and O–H groups in total. The minimum Gasteiger partial charge on any atom is -0.495 e. The average Bonchev–Trinajstić information content (AvgIpc) is 4.48. The summed E-state index contributed by atoms with van der Waals surface area (Å²) in [5.41, 5.74) is 3.51. The summed E-state index contributed by atoms with van der Waals surface area (Å²) in [5.74, 6) is -0.762. The molecule has 0 radical (unpaired) electrons. The first-order valence-electron chi connectivity index (χ1n) is 26.4. The standard InChI is InChI=1S/C57H58FN13O8/c1-35-5-16-46(50(72)62-35)71-51(73)41-15-12-39(31-42(41)52(71)74)68-25-23-67(24-26-68)22-4-3-20-60-56-61-34-45(65-66-56)53(75)70-29-27-69(28-30-70)47-33-44-43(32-49(47)78-2)48(17-21-59-44)79-40-13-10-38(11-14-40)64-55(77)57(18-19-57)54(76)63-37-8-6-36(58)7-9-37/h6-15,17,21,31-34,46H,1,3-5,16,18-20,22-30H2,2H3,(H,62,72)(H,63,76)(H,64,77)(H,60,61,66). The quantitative estimate of drug-likeness (QED) is 0.0460. The number of piperidine rings is 1. The lowest BCUT2D eigenvalue weighted by molar-refractivity contribution is -0.131. The van der Waals surface area contributed by atoms with Gasteiger partial charge in [0.05, 0.1) is 35.6 Å². The van der Waals surface area contributed by atoms with Crippen LogP contribution < -0.4 is 40.5 Å². The van der Waals surface area contributed by atoms with E-state index in [9.17, 15) is 33.2 Å². The highest BCUT2D eigenvalue weighted by Gasteiger charge is 2.56. The summed E-state index contributed by atoms with van der Waals surface area (Å²) >= 11 is 0. The molecule has 6 aromatic rings. The van der Waals surface area contributed by atoms with E-state index in [4.69, 9.17) is 9.47 Å². The van der Waals surface area contributed by atoms with Gasteiger partial charge in [-0.1, -0.05) is 6.58 Å². The Labute approximate surface area is 454 Å². The van der Waals surface area contributed by atoms with Crippen molar-refractivity contribution in [3.8, 4) is 17.2 Å². The Morgan fingerprint density at radius 2 is 1.47 bits per heavy atom. The van der Waals surface area contributed by atoms with Crippen molar-refractivity contribution in [1.29, 1.82) is 0 Å². The number of ether oxygens (including phenoxy) is 2. The van der Waals surface area contributed by atoms with E-state index in [2.05, 4.69) is 62.7 Å². The molecule has 406 valence electrons. The number of benzene rings is 4. The van der Waals surface area contributed by atoms with E-state index in [1.165, 1.54) is 30.5 Å². The number of fused-ring (bicyclic) bond motifs is 2. The lowest BCUT2D eigenvalue weighted by Gasteiger charge is -2.36. The second kappa shape index (κ2) is 22.1. The van der Waals surface area contributed by atoms with Crippen molar-refractivity contribution in [3.63, 3.8) is 0 Å². The summed E-state index contributed by atoms with van der Waals surface area (Å²) in [7, 11) is 1.60. The Morgan fingerprint density at radius 3 is 2.14 bits per heavy atom. The molecular weight excluding hydrogens is 1010 g/mol. The van der Waals surface area contributed by atoms with Crippen LogP contribution in [0.1, 0.15) is 69.7 Å². The monoisotopic (exact) mass is 1070 g/mol. The van der Waals surface area contributed by atoms with Crippen molar-refractivity contribution in [2.45, 2.75) is 44.6 Å². The largest absolute Gasteiger partial charge is 0.495 e. The molecule has 6 heterocycles. The molecule has 0 bridgehead atoms. The van der Waals surface area contributed by atoms with Gasteiger partial charge in [-0.25, -0.2) is 9.37 Å². The van der Waals surface area contributed by atoms with E-state index in [0.717, 1.165) is 67.2 Å². The Morgan fingerprint density at radius 1 is 0.772 bits per heavy atom. The molecular formula is C57H58FN13O8. The normalized spacial score (nSPS) is 18.0. The zero-order chi connectivity index (χ0) is 54.8. The molecule has 11 rings (SSSR count). The van der Waals surface area contributed by atoms with Crippen molar-refractivity contribution >= 4 is 75.0 Å². The number of methoxy groups -OCH3 is 1. The summed E-state index contributed by atoms with van der Waals surface area (Å²) in [4.78, 5) is 97.6. The molecule has 6 amide bonds. The Balaban J connectivity index is 0.607. The molecule has 1 saturated carbocycles. The maximum Gasteiger partial charge on any atom is 0.276 e. The van der Waals surface area contributed by atoms with Crippen molar-refractivity contribution in [2.24, 2.45) is 5.41 Å². The number of unbranched alkanes of at least 4 members (excludes halogenated alkanes) is 1. The molecule has 79 heavy (non-hydrogen) atoms. The maximum atomic E-state index is 13.5. The number of anilines is 5. The minimum absolute atomic E-state index is 0.163. The fourth-order valence-electron chi connectivity index (χ4n) is 10.5. The molecule has 3 saturated heterocycles. The fourth-order valence-corrected chi connectivity index (χ4v) is 10.5. The first-order chi connectivity index (χ1) is 38.3. The van der Waals surface area contributed by atoms with Crippen molar-refractivity contribution < 1.29 is 42.6 Å². The Kier molecular flexibility index (Phi) is 14.6. The number of hydrogen-bond donors (Lipinski definition) is 4. The number of amides is 6. The number of nitrogens with zero attached hydrogens (tertiary/aromatic N) is 9. The van der Waals surface area contributed by atoms with E-state index >= 15 is 0 Å². The van der Waals surface area contributed by atoms with Crippen LogP contribution in [0.15, 0.2) is 110 Å². The Bertz CT molecular complexity index is 3360. The maximum absolute atomic E-state index is 13.5. The van der Waals surface area contributed by atoms with E-state index in [1.54, 1.807) is 60.7 Å². The van der Waals surface area contributed by atoms with Crippen LogP contribution in [0.25, 0.3) is 10.9 Å². The third-order valence-electron chi connectivity index (χ3n) is 15.2. The fraction of sp³-hybridized carbons (Fsp3) is 0.333.